The number of benzene rings is 1. The van der Waals surface area contributed by atoms with E-state index in [1.165, 1.54) is 15.4 Å². The number of rotatable bonds is 2. The third kappa shape index (κ3) is 2.34. The highest BCUT2D eigenvalue weighted by atomic mass is 33.1. The van der Waals surface area contributed by atoms with Crippen molar-refractivity contribution in [1.29, 1.82) is 0 Å². The Balaban J connectivity index is 2.10. The van der Waals surface area contributed by atoms with Gasteiger partial charge in [-0.3, -0.25) is 0 Å². The molecule has 0 unspecified atom stereocenters. The maximum absolute atomic E-state index is 5.68. The van der Waals surface area contributed by atoms with Crippen LogP contribution in [0.4, 0.5) is 5.69 Å². The van der Waals surface area contributed by atoms with E-state index in [0.717, 1.165) is 5.75 Å². The Kier molecular flexibility index (Phi) is 3.95. The average Bonchev–Trinajstić information content (AvgIpc) is 2.85. The largest absolute Gasteiger partial charge is 0.494 e. The number of hydrogen-bond acceptors (Lipinski definition) is 4. The second-order valence-electron chi connectivity index (χ2n) is 5.63. The van der Waals surface area contributed by atoms with Gasteiger partial charge in [-0.05, 0) is 44.5 Å². The Hall–Kier alpha value is -0.390. The van der Waals surface area contributed by atoms with Crippen LogP contribution in [0.15, 0.2) is 18.2 Å². The molecule has 1 saturated heterocycles. The van der Waals surface area contributed by atoms with Crippen molar-refractivity contribution < 1.29 is 4.74 Å². The second kappa shape index (κ2) is 5.43. The molecule has 1 N–H and O–H groups in total. The molecule has 3 rings (SSSR count). The minimum Gasteiger partial charge on any atom is -0.494 e. The highest BCUT2D eigenvalue weighted by Gasteiger charge is 2.52. The van der Waals surface area contributed by atoms with Crippen molar-refractivity contribution in [2.45, 2.75) is 37.5 Å². The molecule has 2 atom stereocenters. The van der Waals surface area contributed by atoms with Gasteiger partial charge in [0.05, 0.1) is 17.8 Å². The van der Waals surface area contributed by atoms with Crippen LogP contribution in [0, 0.1) is 0 Å². The van der Waals surface area contributed by atoms with Crippen molar-refractivity contribution in [2.24, 2.45) is 0 Å². The topological polar surface area (TPSA) is 21.3 Å². The molecule has 2 nitrogen and oxygen atoms in total. The zero-order valence-electron chi connectivity index (χ0n) is 12.2. The number of nitrogens with one attached hydrogen (secondary N) is 1. The van der Waals surface area contributed by atoms with Gasteiger partial charge in [-0.1, -0.05) is 10.8 Å². The van der Waals surface area contributed by atoms with Crippen LogP contribution in [0.5, 0.6) is 5.75 Å². The summed E-state index contributed by atoms with van der Waals surface area (Å²) in [6.45, 7) is 7.36. The molecule has 2 aliphatic heterocycles. The van der Waals surface area contributed by atoms with Gasteiger partial charge >= 0.3 is 0 Å². The average molecular weight is 327 g/mol. The first-order valence-corrected chi connectivity index (χ1v) is 10.3. The summed E-state index contributed by atoms with van der Waals surface area (Å²) in [5.74, 6) is 1.49. The lowest BCUT2D eigenvalue weighted by atomic mass is 9.81. The maximum Gasteiger partial charge on any atom is 0.253 e. The van der Waals surface area contributed by atoms with Gasteiger partial charge in [0, 0.05) is 22.0 Å². The molecule has 2 heterocycles. The Morgan fingerprint density at radius 2 is 2.20 bits per heavy atom. The summed E-state index contributed by atoms with van der Waals surface area (Å²) < 4.78 is 7.20. The van der Waals surface area contributed by atoms with Crippen LogP contribution in [-0.4, -0.2) is 27.8 Å². The molecular weight excluding hydrogens is 306 g/mol. The van der Waals surface area contributed by atoms with E-state index in [1.807, 2.05) is 39.9 Å². The molecule has 2 aliphatic rings. The van der Waals surface area contributed by atoms with Crippen LogP contribution < -0.4 is 10.1 Å². The molecule has 1 fully saturated rings. The molecule has 0 aliphatic carbocycles. The van der Waals surface area contributed by atoms with Gasteiger partial charge in [0.15, 0.2) is 17.6 Å². The van der Waals surface area contributed by atoms with Crippen LogP contribution in [0.1, 0.15) is 32.3 Å². The van der Waals surface area contributed by atoms with Gasteiger partial charge in [-0.15, -0.1) is 0 Å². The molecule has 0 saturated carbocycles. The van der Waals surface area contributed by atoms with E-state index in [0.29, 0.717) is 17.8 Å². The Labute approximate surface area is 132 Å². The lowest BCUT2D eigenvalue weighted by molar-refractivity contribution is 0.339. The van der Waals surface area contributed by atoms with E-state index in [9.17, 15) is 0 Å². The molecule has 1 aromatic carbocycles. The zero-order chi connectivity index (χ0) is 14.3. The van der Waals surface area contributed by atoms with Gasteiger partial charge in [0.2, 0.25) is 0 Å². The van der Waals surface area contributed by atoms with E-state index in [-0.39, 0.29) is 5.54 Å². The van der Waals surface area contributed by atoms with Gasteiger partial charge in [-0.2, -0.15) is 0 Å². The van der Waals surface area contributed by atoms with E-state index in [1.54, 1.807) is 0 Å². The third-order valence-corrected chi connectivity index (χ3v) is 8.58. The molecule has 108 valence electrons. The first-order valence-electron chi connectivity index (χ1n) is 6.86. The number of ether oxygens (including phenoxy) is 1. The summed E-state index contributed by atoms with van der Waals surface area (Å²) >= 11 is 1.89. The van der Waals surface area contributed by atoms with Gasteiger partial charge in [0.25, 0.3) is 4.20 Å². The van der Waals surface area contributed by atoms with Crippen molar-refractivity contribution in [1.82, 2.24) is 0 Å². The molecule has 5 heteroatoms. The van der Waals surface area contributed by atoms with E-state index < -0.39 is 0 Å². The van der Waals surface area contributed by atoms with Crippen LogP contribution >= 0.6 is 21.6 Å². The van der Waals surface area contributed by atoms with Crippen molar-refractivity contribution >= 4 is 42.8 Å². The first kappa shape index (κ1) is 14.5. The summed E-state index contributed by atoms with van der Waals surface area (Å²) in [7, 11) is 3.95. The summed E-state index contributed by atoms with van der Waals surface area (Å²) in [5.41, 5.74) is 2.76. The van der Waals surface area contributed by atoms with E-state index in [4.69, 9.17) is 4.74 Å². The number of fused-ring (bicyclic) bond motifs is 3. The molecule has 0 aromatic heterocycles. The third-order valence-electron chi connectivity index (χ3n) is 3.83. The first-order chi connectivity index (χ1) is 9.56. The fourth-order valence-electron chi connectivity index (χ4n) is 2.90. The van der Waals surface area contributed by atoms with Gasteiger partial charge in [0.1, 0.15) is 5.75 Å². The molecule has 0 spiro atoms. The SMILES string of the molecule is CCOc1ccc2c(c1)[C@@H]1C(=[S+]C)SS[C@H]1C(C)(C)N2. The monoisotopic (exact) mass is 326 g/mol. The Morgan fingerprint density at radius 3 is 2.90 bits per heavy atom. The molecule has 1 aromatic rings. The summed E-state index contributed by atoms with van der Waals surface area (Å²) in [4.78, 5) is 0. The smallest absolute Gasteiger partial charge is 0.253 e. The summed E-state index contributed by atoms with van der Waals surface area (Å²) in [5, 5.41) is 4.28. The lowest BCUT2D eigenvalue weighted by Gasteiger charge is -2.41. The lowest BCUT2D eigenvalue weighted by Crippen LogP contribution is -2.48. The highest BCUT2D eigenvalue weighted by Crippen LogP contribution is 2.57. The number of anilines is 1. The Bertz CT molecular complexity index is 556. The molecule has 0 bridgehead atoms. The van der Waals surface area contributed by atoms with Crippen LogP contribution in [0.3, 0.4) is 0 Å². The van der Waals surface area contributed by atoms with Crippen molar-refractivity contribution in [3.05, 3.63) is 23.8 Å². The van der Waals surface area contributed by atoms with Gasteiger partial charge in [-0.25, -0.2) is 0 Å². The molecule has 20 heavy (non-hydrogen) atoms. The zero-order valence-corrected chi connectivity index (χ0v) is 14.7. The molecule has 0 amide bonds. The molecular formula is C15H20NOS3+. The van der Waals surface area contributed by atoms with E-state index in [2.05, 4.69) is 43.6 Å². The summed E-state index contributed by atoms with van der Waals surface area (Å²) in [6.07, 6.45) is 2.19. The van der Waals surface area contributed by atoms with Crippen molar-refractivity contribution in [3.8, 4) is 5.75 Å². The fourth-order valence-corrected chi connectivity index (χ4v) is 8.05. The Morgan fingerprint density at radius 1 is 1.40 bits per heavy atom. The minimum atomic E-state index is 0.111. The number of hydrogen-bond donors (Lipinski definition) is 1. The second-order valence-corrected chi connectivity index (χ2v) is 9.12. The van der Waals surface area contributed by atoms with Crippen LogP contribution in [0.25, 0.3) is 0 Å². The maximum atomic E-state index is 5.68. The van der Waals surface area contributed by atoms with Crippen molar-refractivity contribution in [2.75, 3.05) is 18.2 Å². The van der Waals surface area contributed by atoms with Crippen LogP contribution in [-0.2, 0) is 11.4 Å². The van der Waals surface area contributed by atoms with Gasteiger partial charge < -0.3 is 10.1 Å². The normalized spacial score (nSPS) is 28.7. The standard InChI is InChI=1S/C15H20NOS3/c1-5-17-9-6-7-11-10(8-9)12-13(15(2,3)16-11)19-20-14(12)18-4/h6-8,12-13,16H,5H2,1-4H3/q+1/t12-,13+/m0/s1. The quantitative estimate of drug-likeness (QED) is 0.504. The highest BCUT2D eigenvalue weighted by molar-refractivity contribution is 8.84. The van der Waals surface area contributed by atoms with Crippen molar-refractivity contribution in [3.63, 3.8) is 0 Å². The summed E-state index contributed by atoms with van der Waals surface area (Å²) in [6, 6.07) is 6.46. The predicted molar refractivity (Wildman–Crippen MR) is 95.3 cm³/mol. The molecule has 0 radical (unpaired) electrons. The minimum absolute atomic E-state index is 0.111. The van der Waals surface area contributed by atoms with E-state index >= 15 is 0 Å². The predicted octanol–water partition coefficient (Wildman–Crippen LogP) is 3.98. The van der Waals surface area contributed by atoms with Crippen LogP contribution in [0.2, 0.25) is 0 Å². The fraction of sp³-hybridized carbons (Fsp3) is 0.533.